The quantitative estimate of drug-likeness (QED) is 0.869. The van der Waals surface area contributed by atoms with E-state index in [4.69, 9.17) is 16.7 Å². The molecular formula is C12H10ClNO2. The Morgan fingerprint density at radius 3 is 2.75 bits per heavy atom. The summed E-state index contributed by atoms with van der Waals surface area (Å²) in [6.45, 7) is 1.90. The number of carboxylic acids is 1. The molecule has 0 saturated carbocycles. The standard InChI is InChI=1S/C12H10ClNO2/c1-8-4-5-9(7-10(8)13)14-6-2-3-11(14)12(15)16/h2-7H,1H3,(H,15,16). The first-order valence-electron chi connectivity index (χ1n) is 4.77. The molecule has 82 valence electrons. The van der Waals surface area contributed by atoms with E-state index in [1.54, 1.807) is 29.0 Å². The third-order valence-electron chi connectivity index (χ3n) is 2.40. The van der Waals surface area contributed by atoms with Gasteiger partial charge in [0.1, 0.15) is 5.69 Å². The smallest absolute Gasteiger partial charge is 0.352 e. The van der Waals surface area contributed by atoms with Crippen molar-refractivity contribution in [2.45, 2.75) is 6.92 Å². The number of aryl methyl sites for hydroxylation is 1. The van der Waals surface area contributed by atoms with E-state index in [1.807, 2.05) is 19.1 Å². The summed E-state index contributed by atoms with van der Waals surface area (Å²) in [5.74, 6) is -0.957. The van der Waals surface area contributed by atoms with Crippen molar-refractivity contribution in [2.75, 3.05) is 0 Å². The van der Waals surface area contributed by atoms with Crippen molar-refractivity contribution in [3.63, 3.8) is 0 Å². The van der Waals surface area contributed by atoms with E-state index in [1.165, 1.54) is 0 Å². The molecule has 1 N–H and O–H groups in total. The van der Waals surface area contributed by atoms with Crippen LogP contribution in [0.3, 0.4) is 0 Å². The molecule has 0 spiro atoms. The average Bonchev–Trinajstić information content (AvgIpc) is 2.71. The SMILES string of the molecule is Cc1ccc(-n2cccc2C(=O)O)cc1Cl. The third kappa shape index (κ3) is 1.82. The van der Waals surface area contributed by atoms with Crippen LogP contribution in [-0.2, 0) is 0 Å². The van der Waals surface area contributed by atoms with Crippen LogP contribution in [0.5, 0.6) is 0 Å². The maximum atomic E-state index is 11.0. The second-order valence-corrected chi connectivity index (χ2v) is 3.91. The normalized spacial score (nSPS) is 10.4. The van der Waals surface area contributed by atoms with Crippen LogP contribution >= 0.6 is 11.6 Å². The highest BCUT2D eigenvalue weighted by Crippen LogP contribution is 2.20. The van der Waals surface area contributed by atoms with Gasteiger partial charge < -0.3 is 9.67 Å². The Hall–Kier alpha value is -1.74. The zero-order valence-corrected chi connectivity index (χ0v) is 9.40. The van der Waals surface area contributed by atoms with Crippen molar-refractivity contribution in [2.24, 2.45) is 0 Å². The number of carbonyl (C=O) groups is 1. The fraction of sp³-hybridized carbons (Fsp3) is 0.0833. The molecule has 2 aromatic rings. The summed E-state index contributed by atoms with van der Waals surface area (Å²) in [5, 5.41) is 9.61. The van der Waals surface area contributed by atoms with E-state index in [0.717, 1.165) is 11.3 Å². The maximum Gasteiger partial charge on any atom is 0.352 e. The predicted molar refractivity (Wildman–Crippen MR) is 62.5 cm³/mol. The molecule has 0 saturated heterocycles. The fourth-order valence-electron chi connectivity index (χ4n) is 1.51. The number of halogens is 1. The minimum atomic E-state index is -0.957. The molecule has 0 fully saturated rings. The van der Waals surface area contributed by atoms with E-state index < -0.39 is 5.97 Å². The molecule has 0 atom stereocenters. The monoisotopic (exact) mass is 235 g/mol. The molecule has 2 rings (SSSR count). The van der Waals surface area contributed by atoms with Gasteiger partial charge in [-0.05, 0) is 36.8 Å². The molecule has 0 amide bonds. The summed E-state index contributed by atoms with van der Waals surface area (Å²) < 4.78 is 1.59. The highest BCUT2D eigenvalue weighted by atomic mass is 35.5. The first kappa shape index (κ1) is 10.8. The summed E-state index contributed by atoms with van der Waals surface area (Å²) >= 11 is 6.00. The Balaban J connectivity index is 2.54. The van der Waals surface area contributed by atoms with Crippen LogP contribution in [0.2, 0.25) is 5.02 Å². The highest BCUT2D eigenvalue weighted by molar-refractivity contribution is 6.31. The van der Waals surface area contributed by atoms with Gasteiger partial charge in [-0.15, -0.1) is 0 Å². The second-order valence-electron chi connectivity index (χ2n) is 3.50. The Kier molecular flexibility index (Phi) is 2.71. The molecule has 3 nitrogen and oxygen atoms in total. The summed E-state index contributed by atoms with van der Waals surface area (Å²) in [5.41, 5.74) is 1.94. The number of carboxylic acid groups (broad SMARTS) is 1. The van der Waals surface area contributed by atoms with Crippen molar-refractivity contribution in [1.82, 2.24) is 4.57 Å². The molecule has 0 radical (unpaired) electrons. The van der Waals surface area contributed by atoms with Gasteiger partial charge in [0.25, 0.3) is 0 Å². The largest absolute Gasteiger partial charge is 0.477 e. The first-order valence-corrected chi connectivity index (χ1v) is 5.14. The van der Waals surface area contributed by atoms with Gasteiger partial charge in [-0.2, -0.15) is 0 Å². The molecule has 0 unspecified atom stereocenters. The minimum absolute atomic E-state index is 0.222. The number of hydrogen-bond acceptors (Lipinski definition) is 1. The molecule has 16 heavy (non-hydrogen) atoms. The van der Waals surface area contributed by atoms with Crippen molar-refractivity contribution in [1.29, 1.82) is 0 Å². The van der Waals surface area contributed by atoms with E-state index in [2.05, 4.69) is 0 Å². The van der Waals surface area contributed by atoms with Gasteiger partial charge in [-0.1, -0.05) is 17.7 Å². The Bertz CT molecular complexity index is 546. The van der Waals surface area contributed by atoms with Crippen molar-refractivity contribution >= 4 is 17.6 Å². The number of aromatic carboxylic acids is 1. The second kappa shape index (κ2) is 4.02. The van der Waals surface area contributed by atoms with E-state index in [9.17, 15) is 4.79 Å². The molecule has 0 bridgehead atoms. The molecule has 1 aromatic heterocycles. The lowest BCUT2D eigenvalue weighted by Crippen LogP contribution is -2.05. The van der Waals surface area contributed by atoms with Gasteiger partial charge in [-0.25, -0.2) is 4.79 Å². The summed E-state index contributed by atoms with van der Waals surface area (Å²) in [6.07, 6.45) is 1.70. The molecule has 0 aliphatic rings. The summed E-state index contributed by atoms with van der Waals surface area (Å²) in [4.78, 5) is 11.0. The number of nitrogens with zero attached hydrogens (tertiary/aromatic N) is 1. The molecule has 4 heteroatoms. The fourth-order valence-corrected chi connectivity index (χ4v) is 1.69. The first-order chi connectivity index (χ1) is 7.59. The van der Waals surface area contributed by atoms with E-state index in [0.29, 0.717) is 5.02 Å². The Labute approximate surface area is 97.9 Å². The molecule has 1 aromatic carbocycles. The average molecular weight is 236 g/mol. The zero-order valence-electron chi connectivity index (χ0n) is 8.64. The number of hydrogen-bond donors (Lipinski definition) is 1. The molecular weight excluding hydrogens is 226 g/mol. The van der Waals surface area contributed by atoms with Crippen LogP contribution in [0.25, 0.3) is 5.69 Å². The van der Waals surface area contributed by atoms with E-state index >= 15 is 0 Å². The van der Waals surface area contributed by atoms with E-state index in [-0.39, 0.29) is 5.69 Å². The van der Waals surface area contributed by atoms with Crippen LogP contribution < -0.4 is 0 Å². The van der Waals surface area contributed by atoms with Crippen LogP contribution in [-0.4, -0.2) is 15.6 Å². The molecule has 0 aliphatic heterocycles. The van der Waals surface area contributed by atoms with Crippen molar-refractivity contribution < 1.29 is 9.90 Å². The van der Waals surface area contributed by atoms with Gasteiger partial charge in [0, 0.05) is 16.9 Å². The Morgan fingerprint density at radius 1 is 1.38 bits per heavy atom. The van der Waals surface area contributed by atoms with Gasteiger partial charge in [0.15, 0.2) is 0 Å². The lowest BCUT2D eigenvalue weighted by atomic mass is 10.2. The number of rotatable bonds is 2. The molecule has 0 aliphatic carbocycles. The minimum Gasteiger partial charge on any atom is -0.477 e. The number of aromatic nitrogens is 1. The summed E-state index contributed by atoms with van der Waals surface area (Å²) in [6, 6.07) is 8.70. The Morgan fingerprint density at radius 2 is 2.12 bits per heavy atom. The zero-order chi connectivity index (χ0) is 11.7. The van der Waals surface area contributed by atoms with Crippen LogP contribution in [0.4, 0.5) is 0 Å². The van der Waals surface area contributed by atoms with Crippen molar-refractivity contribution in [3.05, 3.63) is 52.8 Å². The van der Waals surface area contributed by atoms with Crippen molar-refractivity contribution in [3.8, 4) is 5.69 Å². The predicted octanol–water partition coefficient (Wildman–Crippen LogP) is 3.14. The van der Waals surface area contributed by atoms with Gasteiger partial charge >= 0.3 is 5.97 Å². The van der Waals surface area contributed by atoms with Crippen LogP contribution in [0, 0.1) is 6.92 Å². The van der Waals surface area contributed by atoms with Crippen LogP contribution in [0.15, 0.2) is 36.5 Å². The topological polar surface area (TPSA) is 42.2 Å². The maximum absolute atomic E-state index is 11.0. The lowest BCUT2D eigenvalue weighted by molar-refractivity contribution is 0.0688. The van der Waals surface area contributed by atoms with Gasteiger partial charge in [-0.3, -0.25) is 0 Å². The lowest BCUT2D eigenvalue weighted by Gasteiger charge is -2.07. The van der Waals surface area contributed by atoms with Gasteiger partial charge in [0.2, 0.25) is 0 Å². The molecule has 1 heterocycles. The third-order valence-corrected chi connectivity index (χ3v) is 2.81. The van der Waals surface area contributed by atoms with Crippen LogP contribution in [0.1, 0.15) is 16.1 Å². The highest BCUT2D eigenvalue weighted by Gasteiger charge is 2.10. The van der Waals surface area contributed by atoms with Gasteiger partial charge in [0.05, 0.1) is 0 Å². The summed E-state index contributed by atoms with van der Waals surface area (Å²) in [7, 11) is 0. The number of benzene rings is 1.